The number of unbranched alkanes of at least 4 members (excludes halogenated alkanes) is 1. The van der Waals surface area contributed by atoms with E-state index in [1.165, 1.54) is 68.6 Å². The van der Waals surface area contributed by atoms with Gasteiger partial charge in [0.1, 0.15) is 0 Å². The minimum absolute atomic E-state index is 0. The molecule has 0 N–H and O–H groups in total. The third-order valence-electron chi connectivity index (χ3n) is 6.37. The van der Waals surface area contributed by atoms with Gasteiger partial charge in [0.05, 0.1) is 0 Å². The Balaban J connectivity index is 0.00000160. The zero-order valence-electron chi connectivity index (χ0n) is 19.6. The Hall–Kier alpha value is -0.747. The molecule has 1 aliphatic rings. The summed E-state index contributed by atoms with van der Waals surface area (Å²) in [7, 11) is 0. The third kappa shape index (κ3) is 5.43. The largest absolute Gasteiger partial charge is 3.00 e. The molecule has 0 bridgehead atoms. The molecule has 1 atom stereocenters. The van der Waals surface area contributed by atoms with Crippen LogP contribution in [0.4, 0.5) is 0 Å². The number of hydrogen-bond acceptors (Lipinski definition) is 0. The predicted molar refractivity (Wildman–Crippen MR) is 125 cm³/mol. The molecule has 163 valence electrons. The van der Waals surface area contributed by atoms with Crippen LogP contribution in [0.1, 0.15) is 63.6 Å². The molecule has 0 fully saturated rings. The number of allylic oxidation sites excluding steroid dienone is 4. The monoisotopic (exact) mass is 529 g/mol. The molecule has 0 aliphatic heterocycles. The number of halogens is 2. The maximum absolute atomic E-state index is 2.55. The minimum Gasteiger partial charge on any atom is -1.00 e. The van der Waals surface area contributed by atoms with Crippen LogP contribution in [-0.2, 0) is 26.2 Å². The van der Waals surface area contributed by atoms with Crippen LogP contribution in [0.25, 0.3) is 27.1 Å². The molecule has 1 aliphatic carbocycles. The van der Waals surface area contributed by atoms with E-state index in [2.05, 4.69) is 90.1 Å². The van der Waals surface area contributed by atoms with E-state index in [4.69, 9.17) is 0 Å². The molecular formula is C28H33Cl2Zr. The maximum atomic E-state index is 2.55. The van der Waals surface area contributed by atoms with Crippen molar-refractivity contribution < 1.29 is 51.0 Å². The van der Waals surface area contributed by atoms with Crippen molar-refractivity contribution in [3.8, 4) is 0 Å². The van der Waals surface area contributed by atoms with Gasteiger partial charge in [-0.1, -0.05) is 99.2 Å². The van der Waals surface area contributed by atoms with Gasteiger partial charge in [-0.25, -0.2) is 0 Å². The maximum Gasteiger partial charge on any atom is 3.00 e. The SMILES string of the molecule is CCCCC1C=C(C(C)(C)C)C=C1c1c(C)ccc2c1[cH-]c1cc(C)ccc12.[Cl-].[Cl-].[Zr+3]. The number of fused-ring (bicyclic) bond motifs is 3. The number of hydrogen-bond donors (Lipinski definition) is 0. The second kappa shape index (κ2) is 10.9. The Morgan fingerprint density at radius 1 is 0.968 bits per heavy atom. The van der Waals surface area contributed by atoms with Crippen LogP contribution >= 0.6 is 0 Å². The second-order valence-electron chi connectivity index (χ2n) is 9.67. The summed E-state index contributed by atoms with van der Waals surface area (Å²) in [5.74, 6) is 0.540. The zero-order chi connectivity index (χ0) is 20.1. The van der Waals surface area contributed by atoms with E-state index >= 15 is 0 Å². The molecule has 4 rings (SSSR count). The molecule has 3 aromatic rings. The summed E-state index contributed by atoms with van der Waals surface area (Å²) in [6.07, 6.45) is 8.84. The van der Waals surface area contributed by atoms with Crippen LogP contribution < -0.4 is 24.8 Å². The van der Waals surface area contributed by atoms with Crippen molar-refractivity contribution >= 4 is 27.1 Å². The molecule has 1 unspecified atom stereocenters. The van der Waals surface area contributed by atoms with Crippen molar-refractivity contribution in [1.82, 2.24) is 0 Å². The molecule has 1 radical (unpaired) electrons. The van der Waals surface area contributed by atoms with Crippen molar-refractivity contribution in [2.45, 2.75) is 60.8 Å². The summed E-state index contributed by atoms with van der Waals surface area (Å²) in [5, 5.41) is 5.58. The Morgan fingerprint density at radius 2 is 1.65 bits per heavy atom. The summed E-state index contributed by atoms with van der Waals surface area (Å²) in [4.78, 5) is 0. The number of rotatable bonds is 4. The predicted octanol–water partition coefficient (Wildman–Crippen LogP) is 2.51. The van der Waals surface area contributed by atoms with Gasteiger partial charge in [0.15, 0.2) is 0 Å². The van der Waals surface area contributed by atoms with E-state index in [0.717, 1.165) is 0 Å². The van der Waals surface area contributed by atoms with Gasteiger partial charge in [-0.15, -0.1) is 33.7 Å². The van der Waals surface area contributed by atoms with E-state index in [0.29, 0.717) is 5.92 Å². The summed E-state index contributed by atoms with van der Waals surface area (Å²) in [6, 6.07) is 13.9. The molecule has 0 aromatic heterocycles. The number of aryl methyl sites for hydroxylation is 2. The van der Waals surface area contributed by atoms with Crippen molar-refractivity contribution in [3.05, 3.63) is 70.8 Å². The number of benzene rings is 2. The van der Waals surface area contributed by atoms with Gasteiger partial charge in [-0.05, 0) is 37.2 Å². The zero-order valence-corrected chi connectivity index (χ0v) is 23.5. The molecule has 0 spiro atoms. The minimum atomic E-state index is 0. The molecule has 0 heterocycles. The van der Waals surface area contributed by atoms with Crippen molar-refractivity contribution in [2.75, 3.05) is 0 Å². The standard InChI is InChI=1S/C28H33.2ClH.Zr/c1-7-8-9-20-15-22(28(4,5)6)17-25(20)27-19(3)11-13-24-23-12-10-18(2)14-21(23)16-26(24)27;;;/h10-17,20H,7-9H2,1-6H3;2*1H;/q-1;;;+3/p-2. The first-order valence-electron chi connectivity index (χ1n) is 10.8. The van der Waals surface area contributed by atoms with Gasteiger partial charge in [-0.3, -0.25) is 0 Å². The Kier molecular flexibility index (Phi) is 9.96. The van der Waals surface area contributed by atoms with Crippen molar-refractivity contribution in [2.24, 2.45) is 11.3 Å². The summed E-state index contributed by atoms with van der Waals surface area (Å²) in [6.45, 7) is 13.8. The molecular weight excluding hydrogens is 498 g/mol. The first-order chi connectivity index (χ1) is 13.3. The topological polar surface area (TPSA) is 0 Å². The Labute approximate surface area is 219 Å². The quantitative estimate of drug-likeness (QED) is 0.454. The van der Waals surface area contributed by atoms with Crippen LogP contribution in [0, 0.1) is 25.2 Å². The summed E-state index contributed by atoms with van der Waals surface area (Å²) < 4.78 is 0. The molecule has 0 saturated carbocycles. The average Bonchev–Trinajstić information content (AvgIpc) is 3.20. The van der Waals surface area contributed by atoms with Crippen LogP contribution in [0.3, 0.4) is 0 Å². The molecule has 3 heteroatoms. The van der Waals surface area contributed by atoms with Gasteiger partial charge < -0.3 is 24.8 Å². The van der Waals surface area contributed by atoms with E-state index < -0.39 is 0 Å². The van der Waals surface area contributed by atoms with Crippen LogP contribution in [-0.4, -0.2) is 0 Å². The van der Waals surface area contributed by atoms with Crippen LogP contribution in [0.2, 0.25) is 0 Å². The third-order valence-corrected chi connectivity index (χ3v) is 6.37. The summed E-state index contributed by atoms with van der Waals surface area (Å²) >= 11 is 0. The fourth-order valence-electron chi connectivity index (χ4n) is 4.71. The Bertz CT molecular complexity index is 1110. The first-order valence-corrected chi connectivity index (χ1v) is 10.8. The van der Waals surface area contributed by atoms with Crippen molar-refractivity contribution in [1.29, 1.82) is 0 Å². The van der Waals surface area contributed by atoms with E-state index in [1.807, 2.05) is 0 Å². The van der Waals surface area contributed by atoms with E-state index in [-0.39, 0.29) is 56.4 Å². The van der Waals surface area contributed by atoms with Crippen LogP contribution in [0.15, 0.2) is 54.1 Å². The fraction of sp³-hybridized carbons (Fsp3) is 0.393. The van der Waals surface area contributed by atoms with E-state index in [1.54, 1.807) is 0 Å². The van der Waals surface area contributed by atoms with E-state index in [9.17, 15) is 0 Å². The molecule has 31 heavy (non-hydrogen) atoms. The molecule has 3 aromatic carbocycles. The van der Waals surface area contributed by atoms with Crippen LogP contribution in [0.5, 0.6) is 0 Å². The molecule has 0 amide bonds. The van der Waals surface area contributed by atoms with Gasteiger partial charge in [0.2, 0.25) is 0 Å². The van der Waals surface area contributed by atoms with Gasteiger partial charge in [0, 0.05) is 0 Å². The Morgan fingerprint density at radius 3 is 2.29 bits per heavy atom. The fourth-order valence-corrected chi connectivity index (χ4v) is 4.71. The van der Waals surface area contributed by atoms with Gasteiger partial charge in [0.25, 0.3) is 0 Å². The molecule has 0 saturated heterocycles. The molecule has 0 nitrogen and oxygen atoms in total. The normalized spacial score (nSPS) is 15.7. The average molecular weight is 532 g/mol. The van der Waals surface area contributed by atoms with Crippen molar-refractivity contribution in [3.63, 3.8) is 0 Å². The second-order valence-corrected chi connectivity index (χ2v) is 9.67. The van der Waals surface area contributed by atoms with Gasteiger partial charge in [-0.2, -0.15) is 0 Å². The van der Waals surface area contributed by atoms with Gasteiger partial charge >= 0.3 is 26.2 Å². The first kappa shape index (κ1) is 28.3. The smallest absolute Gasteiger partial charge is 1.00 e. The summed E-state index contributed by atoms with van der Waals surface area (Å²) in [5.41, 5.74) is 7.43.